The van der Waals surface area contributed by atoms with Crippen molar-refractivity contribution in [1.82, 2.24) is 9.55 Å². The van der Waals surface area contributed by atoms with Gasteiger partial charge >= 0.3 is 5.97 Å². The number of nitrogen functional groups attached to an aromatic ring is 1. The number of anilines is 1. The van der Waals surface area contributed by atoms with Gasteiger partial charge in [-0.3, -0.25) is 4.98 Å². The second-order valence-electron chi connectivity index (χ2n) is 4.81. The van der Waals surface area contributed by atoms with E-state index < -0.39 is 5.97 Å². The van der Waals surface area contributed by atoms with Crippen LogP contribution in [0.2, 0.25) is 0 Å². The van der Waals surface area contributed by atoms with Gasteiger partial charge < -0.3 is 15.0 Å². The van der Waals surface area contributed by atoms with Gasteiger partial charge in [0, 0.05) is 24.3 Å². The van der Waals surface area contributed by atoms with Gasteiger partial charge in [-0.1, -0.05) is 12.1 Å². The van der Waals surface area contributed by atoms with Crippen LogP contribution in [-0.4, -0.2) is 22.6 Å². The topological polar surface area (TPSA) is 70.1 Å². The van der Waals surface area contributed by atoms with E-state index in [9.17, 15) is 4.79 Å². The van der Waals surface area contributed by atoms with Crippen LogP contribution in [0, 0.1) is 0 Å². The Morgan fingerprint density at radius 3 is 3.00 bits per heavy atom. The van der Waals surface area contributed by atoms with Crippen LogP contribution in [-0.2, 0) is 11.3 Å². The predicted octanol–water partition coefficient (Wildman–Crippen LogP) is 2.45. The van der Waals surface area contributed by atoms with Gasteiger partial charge in [-0.2, -0.15) is 0 Å². The molecule has 0 saturated heterocycles. The summed E-state index contributed by atoms with van der Waals surface area (Å²) < 4.78 is 6.56. The maximum atomic E-state index is 11.7. The molecule has 0 aliphatic heterocycles. The summed E-state index contributed by atoms with van der Waals surface area (Å²) >= 11 is 0. The molecule has 106 valence electrons. The van der Waals surface area contributed by atoms with Crippen molar-refractivity contribution in [3.63, 3.8) is 0 Å². The number of methoxy groups -OCH3 is 1. The SMILES string of the molecule is COC(=O)c1cc(N)cn1Cc1ccc2ncccc2c1. The molecule has 5 heteroatoms. The second kappa shape index (κ2) is 5.28. The number of benzene rings is 1. The van der Waals surface area contributed by atoms with E-state index in [-0.39, 0.29) is 0 Å². The van der Waals surface area contributed by atoms with Gasteiger partial charge in [0.1, 0.15) is 5.69 Å². The van der Waals surface area contributed by atoms with Crippen LogP contribution >= 0.6 is 0 Å². The van der Waals surface area contributed by atoms with Crippen molar-refractivity contribution in [3.05, 3.63) is 60.0 Å². The summed E-state index contributed by atoms with van der Waals surface area (Å²) in [7, 11) is 1.36. The standard InChI is InChI=1S/C16H15N3O2/c1-21-16(20)15-8-13(17)10-19(15)9-11-4-5-14-12(7-11)3-2-6-18-14/h2-8,10H,9,17H2,1H3. The minimum Gasteiger partial charge on any atom is -0.464 e. The zero-order valence-electron chi connectivity index (χ0n) is 11.6. The van der Waals surface area contributed by atoms with Gasteiger partial charge in [0.25, 0.3) is 0 Å². The number of rotatable bonds is 3. The van der Waals surface area contributed by atoms with Crippen molar-refractivity contribution in [2.45, 2.75) is 6.54 Å². The number of hydrogen-bond donors (Lipinski definition) is 1. The van der Waals surface area contributed by atoms with Crippen LogP contribution in [0.5, 0.6) is 0 Å². The Morgan fingerprint density at radius 2 is 2.19 bits per heavy atom. The number of nitrogens with zero attached hydrogens (tertiary/aromatic N) is 2. The van der Waals surface area contributed by atoms with E-state index in [4.69, 9.17) is 10.5 Å². The molecule has 0 amide bonds. The molecule has 0 spiro atoms. The lowest BCUT2D eigenvalue weighted by Gasteiger charge is -2.08. The third kappa shape index (κ3) is 2.58. The van der Waals surface area contributed by atoms with Crippen LogP contribution in [0.4, 0.5) is 5.69 Å². The van der Waals surface area contributed by atoms with Gasteiger partial charge in [0.05, 0.1) is 18.3 Å². The number of hydrogen-bond acceptors (Lipinski definition) is 4. The second-order valence-corrected chi connectivity index (χ2v) is 4.81. The molecule has 0 bridgehead atoms. The minimum absolute atomic E-state index is 0.394. The molecule has 0 aliphatic carbocycles. The van der Waals surface area contributed by atoms with Crippen molar-refractivity contribution in [1.29, 1.82) is 0 Å². The van der Waals surface area contributed by atoms with Crippen molar-refractivity contribution >= 4 is 22.6 Å². The first kappa shape index (κ1) is 13.2. The van der Waals surface area contributed by atoms with Crippen molar-refractivity contribution in [3.8, 4) is 0 Å². The molecule has 5 nitrogen and oxygen atoms in total. The number of pyridine rings is 1. The number of esters is 1. The van der Waals surface area contributed by atoms with Crippen molar-refractivity contribution in [2.24, 2.45) is 0 Å². The third-order valence-corrected chi connectivity index (χ3v) is 3.33. The zero-order valence-corrected chi connectivity index (χ0v) is 11.6. The highest BCUT2D eigenvalue weighted by Gasteiger charge is 2.13. The molecule has 2 heterocycles. The van der Waals surface area contributed by atoms with E-state index in [0.717, 1.165) is 16.5 Å². The summed E-state index contributed by atoms with van der Waals surface area (Å²) in [4.78, 5) is 16.0. The minimum atomic E-state index is -0.394. The fraction of sp³-hybridized carbons (Fsp3) is 0.125. The molecule has 3 rings (SSSR count). The number of ether oxygens (including phenoxy) is 1. The number of carbonyl (C=O) groups excluding carboxylic acids is 1. The molecule has 3 aromatic rings. The highest BCUT2D eigenvalue weighted by molar-refractivity contribution is 5.89. The summed E-state index contributed by atoms with van der Waals surface area (Å²) in [6.07, 6.45) is 3.50. The Hall–Kier alpha value is -2.82. The third-order valence-electron chi connectivity index (χ3n) is 3.33. The predicted molar refractivity (Wildman–Crippen MR) is 81.0 cm³/mol. The van der Waals surface area contributed by atoms with Gasteiger partial charge in [-0.15, -0.1) is 0 Å². The Bertz CT molecular complexity index is 808. The van der Waals surface area contributed by atoms with E-state index in [1.165, 1.54) is 7.11 Å². The average molecular weight is 281 g/mol. The fourth-order valence-electron chi connectivity index (χ4n) is 2.36. The molecule has 0 aliphatic rings. The largest absolute Gasteiger partial charge is 0.464 e. The summed E-state index contributed by atoms with van der Waals surface area (Å²) in [5.74, 6) is -0.394. The first-order valence-corrected chi connectivity index (χ1v) is 6.55. The summed E-state index contributed by atoms with van der Waals surface area (Å²) in [5, 5.41) is 1.06. The molecular weight excluding hydrogens is 266 g/mol. The fourth-order valence-corrected chi connectivity index (χ4v) is 2.36. The molecule has 0 unspecified atom stereocenters. The Kier molecular flexibility index (Phi) is 3.31. The highest BCUT2D eigenvalue weighted by atomic mass is 16.5. The van der Waals surface area contributed by atoms with Crippen molar-refractivity contribution in [2.75, 3.05) is 12.8 Å². The highest BCUT2D eigenvalue weighted by Crippen LogP contribution is 2.17. The van der Waals surface area contributed by atoms with Crippen LogP contribution in [0.1, 0.15) is 16.1 Å². The Labute approximate surface area is 122 Å². The average Bonchev–Trinajstić information content (AvgIpc) is 2.87. The molecule has 0 atom stereocenters. The number of carbonyl (C=O) groups is 1. The normalized spacial score (nSPS) is 10.7. The van der Waals surface area contributed by atoms with E-state index in [0.29, 0.717) is 17.9 Å². The van der Waals surface area contributed by atoms with Crippen LogP contribution < -0.4 is 5.73 Å². The summed E-state index contributed by atoms with van der Waals surface area (Å²) in [6.45, 7) is 0.548. The maximum absolute atomic E-state index is 11.7. The van der Waals surface area contributed by atoms with Crippen LogP contribution in [0.3, 0.4) is 0 Å². The lowest BCUT2D eigenvalue weighted by atomic mass is 10.1. The monoisotopic (exact) mass is 281 g/mol. The lowest BCUT2D eigenvalue weighted by molar-refractivity contribution is 0.0589. The summed E-state index contributed by atoms with van der Waals surface area (Å²) in [6, 6.07) is 11.5. The van der Waals surface area contributed by atoms with Crippen LogP contribution in [0.25, 0.3) is 10.9 Å². The number of nitrogens with two attached hydrogens (primary N) is 1. The van der Waals surface area contributed by atoms with Crippen molar-refractivity contribution < 1.29 is 9.53 Å². The van der Waals surface area contributed by atoms with E-state index in [2.05, 4.69) is 11.1 Å². The molecule has 2 N–H and O–H groups in total. The Morgan fingerprint density at radius 1 is 1.33 bits per heavy atom. The smallest absolute Gasteiger partial charge is 0.354 e. The molecule has 0 fully saturated rings. The van der Waals surface area contributed by atoms with Gasteiger partial charge in [0.15, 0.2) is 0 Å². The van der Waals surface area contributed by atoms with Gasteiger partial charge in [-0.05, 0) is 29.8 Å². The molecule has 0 radical (unpaired) electrons. The molecular formula is C16H15N3O2. The quantitative estimate of drug-likeness (QED) is 0.749. The van der Waals surface area contributed by atoms with E-state index in [1.807, 2.05) is 24.3 Å². The van der Waals surface area contributed by atoms with E-state index in [1.54, 1.807) is 23.0 Å². The van der Waals surface area contributed by atoms with Gasteiger partial charge in [0.2, 0.25) is 0 Å². The molecule has 21 heavy (non-hydrogen) atoms. The molecule has 2 aromatic heterocycles. The first-order valence-electron chi connectivity index (χ1n) is 6.55. The first-order chi connectivity index (χ1) is 10.2. The van der Waals surface area contributed by atoms with Gasteiger partial charge in [-0.25, -0.2) is 4.79 Å². The molecule has 1 aromatic carbocycles. The maximum Gasteiger partial charge on any atom is 0.354 e. The number of fused-ring (bicyclic) bond motifs is 1. The van der Waals surface area contributed by atoms with Crippen LogP contribution in [0.15, 0.2) is 48.8 Å². The Balaban J connectivity index is 1.96. The lowest BCUT2D eigenvalue weighted by Crippen LogP contribution is -2.10. The summed E-state index contributed by atoms with van der Waals surface area (Å²) in [5.41, 5.74) is 8.77. The van der Waals surface area contributed by atoms with E-state index >= 15 is 0 Å². The molecule has 0 saturated carbocycles. The zero-order chi connectivity index (χ0) is 14.8. The number of aromatic nitrogens is 2.